The van der Waals surface area contributed by atoms with Gasteiger partial charge in [0, 0.05) is 18.9 Å². The van der Waals surface area contributed by atoms with E-state index in [2.05, 4.69) is 10.3 Å². The highest BCUT2D eigenvalue weighted by Crippen LogP contribution is 2.37. The van der Waals surface area contributed by atoms with Gasteiger partial charge in [0.15, 0.2) is 0 Å². The number of rotatable bonds is 5. The summed E-state index contributed by atoms with van der Waals surface area (Å²) in [6.07, 6.45) is 6.72. The molecule has 0 aliphatic heterocycles. The van der Waals surface area contributed by atoms with E-state index < -0.39 is 5.97 Å². The van der Waals surface area contributed by atoms with Crippen LogP contribution < -0.4 is 5.32 Å². The number of aryl methyl sites for hydroxylation is 1. The second-order valence-corrected chi connectivity index (χ2v) is 4.37. The first-order chi connectivity index (χ1) is 7.65. The number of carboxylic acids is 1. The second-order valence-electron chi connectivity index (χ2n) is 4.37. The van der Waals surface area contributed by atoms with Gasteiger partial charge in [0.1, 0.15) is 0 Å². The lowest BCUT2D eigenvalue weighted by molar-refractivity contribution is -0.138. The number of anilines is 1. The van der Waals surface area contributed by atoms with E-state index in [4.69, 9.17) is 5.11 Å². The Hall–Kier alpha value is -1.52. The van der Waals surface area contributed by atoms with E-state index in [1.54, 1.807) is 6.20 Å². The molecule has 0 amide bonds. The fraction of sp³-hybridized carbons (Fsp3) is 0.636. The van der Waals surface area contributed by atoms with Gasteiger partial charge in [-0.15, -0.1) is 0 Å². The monoisotopic (exact) mass is 223 g/mol. The van der Waals surface area contributed by atoms with Gasteiger partial charge in [-0.2, -0.15) is 0 Å². The molecule has 0 unspecified atom stereocenters. The molecule has 1 saturated carbocycles. The molecule has 1 aromatic heterocycles. The minimum Gasteiger partial charge on any atom is -0.481 e. The van der Waals surface area contributed by atoms with Crippen molar-refractivity contribution in [1.29, 1.82) is 0 Å². The lowest BCUT2D eigenvalue weighted by Gasteiger charge is -2.41. The Morgan fingerprint density at radius 1 is 1.69 bits per heavy atom. The van der Waals surface area contributed by atoms with E-state index >= 15 is 0 Å². The Balaban J connectivity index is 2.09. The SMILES string of the molecule is CCn1ccnc1NC1(CC(=O)O)CCC1. The first kappa shape index (κ1) is 11.0. The zero-order valence-corrected chi connectivity index (χ0v) is 9.44. The summed E-state index contributed by atoms with van der Waals surface area (Å²) in [4.78, 5) is 15.0. The minimum atomic E-state index is -0.748. The highest BCUT2D eigenvalue weighted by molar-refractivity contribution is 5.69. The van der Waals surface area contributed by atoms with Crippen molar-refractivity contribution in [3.8, 4) is 0 Å². The molecule has 5 nitrogen and oxygen atoms in total. The number of nitrogens with zero attached hydrogens (tertiary/aromatic N) is 2. The van der Waals surface area contributed by atoms with Crippen molar-refractivity contribution in [3.05, 3.63) is 12.4 Å². The van der Waals surface area contributed by atoms with E-state index in [9.17, 15) is 4.79 Å². The topological polar surface area (TPSA) is 67.2 Å². The number of carbonyl (C=O) groups is 1. The molecule has 1 heterocycles. The Kier molecular flexibility index (Phi) is 2.85. The van der Waals surface area contributed by atoms with Crippen LogP contribution in [-0.2, 0) is 11.3 Å². The number of imidazole rings is 1. The smallest absolute Gasteiger partial charge is 0.305 e. The van der Waals surface area contributed by atoms with E-state index in [-0.39, 0.29) is 12.0 Å². The van der Waals surface area contributed by atoms with Crippen LogP contribution in [-0.4, -0.2) is 26.2 Å². The van der Waals surface area contributed by atoms with Crippen molar-refractivity contribution in [1.82, 2.24) is 9.55 Å². The lowest BCUT2D eigenvalue weighted by Crippen LogP contribution is -2.47. The van der Waals surface area contributed by atoms with Crippen LogP contribution in [0.2, 0.25) is 0 Å². The van der Waals surface area contributed by atoms with Crippen molar-refractivity contribution in [2.45, 2.75) is 44.7 Å². The molecular formula is C11H17N3O2. The number of hydrogen-bond donors (Lipinski definition) is 2. The number of aliphatic carboxylic acids is 1. The summed E-state index contributed by atoms with van der Waals surface area (Å²) >= 11 is 0. The van der Waals surface area contributed by atoms with Gasteiger partial charge in [-0.05, 0) is 26.2 Å². The Morgan fingerprint density at radius 3 is 2.94 bits per heavy atom. The van der Waals surface area contributed by atoms with Gasteiger partial charge in [-0.3, -0.25) is 4.79 Å². The quantitative estimate of drug-likeness (QED) is 0.797. The fourth-order valence-electron chi connectivity index (χ4n) is 2.16. The van der Waals surface area contributed by atoms with Crippen molar-refractivity contribution in [2.75, 3.05) is 5.32 Å². The molecule has 0 aromatic carbocycles. The first-order valence-corrected chi connectivity index (χ1v) is 5.66. The zero-order chi connectivity index (χ0) is 11.6. The second kappa shape index (κ2) is 4.15. The largest absolute Gasteiger partial charge is 0.481 e. The molecule has 0 saturated heterocycles. The van der Waals surface area contributed by atoms with Crippen LogP contribution in [0.15, 0.2) is 12.4 Å². The molecule has 0 radical (unpaired) electrons. The van der Waals surface area contributed by atoms with Gasteiger partial charge in [0.25, 0.3) is 0 Å². The molecule has 0 spiro atoms. The van der Waals surface area contributed by atoms with Crippen LogP contribution >= 0.6 is 0 Å². The summed E-state index contributed by atoms with van der Waals surface area (Å²) < 4.78 is 1.99. The van der Waals surface area contributed by atoms with Gasteiger partial charge in [0.2, 0.25) is 5.95 Å². The number of carboxylic acid groups (broad SMARTS) is 1. The van der Waals surface area contributed by atoms with E-state index in [0.717, 1.165) is 31.8 Å². The molecule has 1 fully saturated rings. The molecular weight excluding hydrogens is 206 g/mol. The molecule has 1 aromatic rings. The average Bonchev–Trinajstić information content (AvgIpc) is 2.61. The Morgan fingerprint density at radius 2 is 2.44 bits per heavy atom. The zero-order valence-electron chi connectivity index (χ0n) is 9.44. The van der Waals surface area contributed by atoms with Gasteiger partial charge < -0.3 is 15.0 Å². The summed E-state index contributed by atoms with van der Waals surface area (Å²) in [7, 11) is 0. The number of hydrogen-bond acceptors (Lipinski definition) is 3. The van der Waals surface area contributed by atoms with Crippen LogP contribution in [0.25, 0.3) is 0 Å². The van der Waals surface area contributed by atoms with Crippen molar-refractivity contribution >= 4 is 11.9 Å². The standard InChI is InChI=1S/C11H17N3O2/c1-2-14-7-6-12-10(14)13-11(4-3-5-11)8-9(15)16/h6-7H,2-5,8H2,1H3,(H,12,13)(H,15,16). The van der Waals surface area contributed by atoms with Crippen LogP contribution in [0.1, 0.15) is 32.6 Å². The maximum absolute atomic E-state index is 10.8. The summed E-state index contributed by atoms with van der Waals surface area (Å²) in [5.74, 6) is 0.0326. The van der Waals surface area contributed by atoms with Gasteiger partial charge in [0.05, 0.1) is 12.0 Å². The van der Waals surface area contributed by atoms with Crippen LogP contribution in [0, 0.1) is 0 Å². The molecule has 1 aliphatic carbocycles. The molecule has 0 bridgehead atoms. The average molecular weight is 223 g/mol. The van der Waals surface area contributed by atoms with E-state index in [0.29, 0.717) is 0 Å². The van der Waals surface area contributed by atoms with Crippen LogP contribution in [0.5, 0.6) is 0 Å². The minimum absolute atomic E-state index is 0.170. The number of aromatic nitrogens is 2. The predicted octanol–water partition coefficient (Wildman–Crippen LogP) is 1.71. The third-order valence-corrected chi connectivity index (χ3v) is 3.23. The summed E-state index contributed by atoms with van der Waals surface area (Å²) in [6.45, 7) is 2.88. The maximum atomic E-state index is 10.8. The van der Waals surface area contributed by atoms with E-state index in [1.807, 2.05) is 17.7 Å². The van der Waals surface area contributed by atoms with Crippen LogP contribution in [0.3, 0.4) is 0 Å². The Bertz CT molecular complexity index is 382. The third-order valence-electron chi connectivity index (χ3n) is 3.23. The lowest BCUT2D eigenvalue weighted by atomic mass is 9.74. The van der Waals surface area contributed by atoms with E-state index in [1.165, 1.54) is 0 Å². The molecule has 88 valence electrons. The molecule has 2 N–H and O–H groups in total. The molecule has 1 aliphatic rings. The van der Waals surface area contributed by atoms with Gasteiger partial charge >= 0.3 is 5.97 Å². The summed E-state index contributed by atoms with van der Waals surface area (Å²) in [5.41, 5.74) is -0.274. The van der Waals surface area contributed by atoms with Crippen molar-refractivity contribution < 1.29 is 9.90 Å². The summed E-state index contributed by atoms with van der Waals surface area (Å²) in [5, 5.41) is 12.2. The highest BCUT2D eigenvalue weighted by atomic mass is 16.4. The normalized spacial score (nSPS) is 17.8. The first-order valence-electron chi connectivity index (χ1n) is 5.66. The Labute approximate surface area is 94.5 Å². The predicted molar refractivity (Wildman–Crippen MR) is 60.4 cm³/mol. The third kappa shape index (κ3) is 2.03. The molecule has 5 heteroatoms. The van der Waals surface area contributed by atoms with Crippen molar-refractivity contribution in [3.63, 3.8) is 0 Å². The van der Waals surface area contributed by atoms with Crippen LogP contribution in [0.4, 0.5) is 5.95 Å². The summed E-state index contributed by atoms with van der Waals surface area (Å²) in [6, 6.07) is 0. The molecule has 2 rings (SSSR count). The molecule has 0 atom stereocenters. The molecule has 16 heavy (non-hydrogen) atoms. The fourth-order valence-corrected chi connectivity index (χ4v) is 2.16. The highest BCUT2D eigenvalue weighted by Gasteiger charge is 2.39. The number of nitrogens with one attached hydrogen (secondary N) is 1. The van der Waals surface area contributed by atoms with Crippen molar-refractivity contribution in [2.24, 2.45) is 0 Å². The van der Waals surface area contributed by atoms with Gasteiger partial charge in [-0.1, -0.05) is 0 Å². The van der Waals surface area contributed by atoms with Gasteiger partial charge in [-0.25, -0.2) is 4.98 Å². The maximum Gasteiger partial charge on any atom is 0.305 e.